The highest BCUT2D eigenvalue weighted by atomic mass is 35.5. The summed E-state index contributed by atoms with van der Waals surface area (Å²) in [5.41, 5.74) is 3.58. The summed E-state index contributed by atoms with van der Waals surface area (Å²) >= 11 is 17.9. The summed E-state index contributed by atoms with van der Waals surface area (Å²) in [6.07, 6.45) is 3.27. The lowest BCUT2D eigenvalue weighted by Gasteiger charge is -2.04. The van der Waals surface area contributed by atoms with Crippen LogP contribution in [0, 0.1) is 13.8 Å². The molecule has 0 unspecified atom stereocenters. The van der Waals surface area contributed by atoms with Gasteiger partial charge < -0.3 is 0 Å². The van der Waals surface area contributed by atoms with Crippen LogP contribution in [0.25, 0.3) is 6.08 Å². The first-order valence-corrected chi connectivity index (χ1v) is 7.46. The van der Waals surface area contributed by atoms with Crippen molar-refractivity contribution in [3.8, 4) is 0 Å². The van der Waals surface area contributed by atoms with Gasteiger partial charge in [0.2, 0.25) is 0 Å². The second kappa shape index (κ2) is 6.65. The SMILES string of the molecule is Cc1ccc(C)c(C=CC(=O)c2ccc(Cl)c(Cl)c2Cl)c1. The Morgan fingerprint density at radius 2 is 1.71 bits per heavy atom. The van der Waals surface area contributed by atoms with Gasteiger partial charge in [-0.2, -0.15) is 0 Å². The maximum Gasteiger partial charge on any atom is 0.187 e. The Morgan fingerprint density at radius 3 is 2.43 bits per heavy atom. The molecule has 4 heteroatoms. The number of hydrogen-bond acceptors (Lipinski definition) is 1. The van der Waals surface area contributed by atoms with Crippen molar-refractivity contribution in [3.63, 3.8) is 0 Å². The molecule has 0 spiro atoms. The van der Waals surface area contributed by atoms with Gasteiger partial charge >= 0.3 is 0 Å². The van der Waals surface area contributed by atoms with Crippen LogP contribution in [0.4, 0.5) is 0 Å². The third-order valence-electron chi connectivity index (χ3n) is 3.15. The highest BCUT2D eigenvalue weighted by Gasteiger charge is 2.13. The normalized spacial score (nSPS) is 11.1. The van der Waals surface area contributed by atoms with Crippen molar-refractivity contribution in [2.75, 3.05) is 0 Å². The monoisotopic (exact) mass is 338 g/mol. The third kappa shape index (κ3) is 3.68. The van der Waals surface area contributed by atoms with Crippen LogP contribution in [0.15, 0.2) is 36.4 Å². The molecular weight excluding hydrogens is 327 g/mol. The Bertz CT molecular complexity index is 733. The van der Waals surface area contributed by atoms with Gasteiger partial charge in [0, 0.05) is 5.56 Å². The number of aryl methyl sites for hydroxylation is 2. The Hall–Kier alpha value is -1.28. The Labute approximate surface area is 139 Å². The first-order valence-electron chi connectivity index (χ1n) is 6.33. The smallest absolute Gasteiger partial charge is 0.187 e. The predicted molar refractivity (Wildman–Crippen MR) is 90.8 cm³/mol. The van der Waals surface area contributed by atoms with Crippen molar-refractivity contribution in [2.45, 2.75) is 13.8 Å². The van der Waals surface area contributed by atoms with Crippen LogP contribution in [0.5, 0.6) is 0 Å². The quantitative estimate of drug-likeness (QED) is 0.372. The van der Waals surface area contributed by atoms with Crippen LogP contribution in [-0.2, 0) is 0 Å². The molecule has 1 nitrogen and oxygen atoms in total. The second-order valence-corrected chi connectivity index (χ2v) is 5.94. The molecule has 2 rings (SSSR count). The van der Waals surface area contributed by atoms with Gasteiger partial charge in [-0.1, -0.05) is 64.6 Å². The zero-order valence-electron chi connectivity index (χ0n) is 11.6. The third-order valence-corrected chi connectivity index (χ3v) is 4.44. The molecule has 0 fully saturated rings. The number of ketones is 1. The van der Waals surface area contributed by atoms with Crippen LogP contribution in [0.3, 0.4) is 0 Å². The molecular formula is C17H13Cl3O. The fourth-order valence-electron chi connectivity index (χ4n) is 1.91. The van der Waals surface area contributed by atoms with Crippen LogP contribution < -0.4 is 0 Å². The highest BCUT2D eigenvalue weighted by Crippen LogP contribution is 2.33. The molecule has 0 radical (unpaired) electrons. The van der Waals surface area contributed by atoms with E-state index in [0.29, 0.717) is 10.6 Å². The van der Waals surface area contributed by atoms with Gasteiger partial charge in [0.05, 0.1) is 15.1 Å². The summed E-state index contributed by atoms with van der Waals surface area (Å²) in [6.45, 7) is 4.00. The Kier molecular flexibility index (Phi) is 5.10. The molecule has 0 aliphatic carbocycles. The predicted octanol–water partition coefficient (Wildman–Crippen LogP) is 6.16. The van der Waals surface area contributed by atoms with E-state index in [1.165, 1.54) is 6.08 Å². The summed E-state index contributed by atoms with van der Waals surface area (Å²) in [4.78, 5) is 12.2. The lowest BCUT2D eigenvalue weighted by Crippen LogP contribution is -1.96. The Balaban J connectivity index is 2.32. The zero-order chi connectivity index (χ0) is 15.6. The largest absolute Gasteiger partial charge is 0.289 e. The minimum atomic E-state index is -0.209. The summed E-state index contributed by atoms with van der Waals surface area (Å²) in [5, 5.41) is 0.709. The van der Waals surface area contributed by atoms with Crippen LogP contribution in [0.2, 0.25) is 15.1 Å². The molecule has 0 bridgehead atoms. The minimum absolute atomic E-state index is 0.180. The first kappa shape index (κ1) is 16.1. The van der Waals surface area contributed by atoms with E-state index in [1.54, 1.807) is 18.2 Å². The molecule has 0 aliphatic heterocycles. The van der Waals surface area contributed by atoms with Crippen molar-refractivity contribution < 1.29 is 4.79 Å². The van der Waals surface area contributed by atoms with Gasteiger partial charge in [0.15, 0.2) is 5.78 Å². The van der Waals surface area contributed by atoms with E-state index in [1.807, 2.05) is 32.0 Å². The minimum Gasteiger partial charge on any atom is -0.289 e. The molecule has 21 heavy (non-hydrogen) atoms. The van der Waals surface area contributed by atoms with E-state index in [9.17, 15) is 4.79 Å². The van der Waals surface area contributed by atoms with E-state index >= 15 is 0 Å². The average Bonchev–Trinajstić information content (AvgIpc) is 2.45. The van der Waals surface area contributed by atoms with Gasteiger partial charge in [-0.05, 0) is 43.2 Å². The molecule has 0 saturated carbocycles. The van der Waals surface area contributed by atoms with Crippen molar-refractivity contribution >= 4 is 46.7 Å². The summed E-state index contributed by atoms with van der Waals surface area (Å²) in [6, 6.07) is 9.21. The standard InChI is InChI=1S/C17H13Cl3O/c1-10-3-4-11(2)12(9-10)5-8-15(21)13-6-7-14(18)17(20)16(13)19/h3-9H,1-2H3. The molecule has 108 valence electrons. The van der Waals surface area contributed by atoms with Gasteiger partial charge in [-0.25, -0.2) is 0 Å². The molecule has 0 aromatic heterocycles. The summed E-state index contributed by atoms with van der Waals surface area (Å²) in [7, 11) is 0. The number of hydrogen-bond donors (Lipinski definition) is 0. The molecule has 0 amide bonds. The van der Waals surface area contributed by atoms with E-state index in [0.717, 1.165) is 16.7 Å². The van der Waals surface area contributed by atoms with E-state index in [2.05, 4.69) is 0 Å². The molecule has 0 heterocycles. The molecule has 0 N–H and O–H groups in total. The van der Waals surface area contributed by atoms with E-state index in [4.69, 9.17) is 34.8 Å². The van der Waals surface area contributed by atoms with Crippen LogP contribution in [0.1, 0.15) is 27.0 Å². The fourth-order valence-corrected chi connectivity index (χ4v) is 2.54. The van der Waals surface area contributed by atoms with Gasteiger partial charge in [0.1, 0.15) is 0 Å². The van der Waals surface area contributed by atoms with E-state index < -0.39 is 0 Å². The van der Waals surface area contributed by atoms with Crippen LogP contribution >= 0.6 is 34.8 Å². The second-order valence-electron chi connectivity index (χ2n) is 4.78. The van der Waals surface area contributed by atoms with Gasteiger partial charge in [0.25, 0.3) is 0 Å². The van der Waals surface area contributed by atoms with Gasteiger partial charge in [-0.3, -0.25) is 4.79 Å². The highest BCUT2D eigenvalue weighted by molar-refractivity contribution is 6.49. The number of rotatable bonds is 3. The number of allylic oxidation sites excluding steroid dienone is 1. The van der Waals surface area contributed by atoms with Crippen LogP contribution in [-0.4, -0.2) is 5.78 Å². The maximum atomic E-state index is 12.2. The number of benzene rings is 2. The molecule has 0 aliphatic rings. The summed E-state index contributed by atoms with van der Waals surface area (Å²) < 4.78 is 0. The Morgan fingerprint density at radius 1 is 1.00 bits per heavy atom. The first-order chi connectivity index (χ1) is 9.90. The van der Waals surface area contributed by atoms with Crippen molar-refractivity contribution in [1.29, 1.82) is 0 Å². The van der Waals surface area contributed by atoms with Crippen molar-refractivity contribution in [1.82, 2.24) is 0 Å². The topological polar surface area (TPSA) is 17.1 Å². The van der Waals surface area contributed by atoms with Crippen molar-refractivity contribution in [3.05, 3.63) is 73.7 Å². The lowest BCUT2D eigenvalue weighted by molar-refractivity contribution is 0.104. The maximum absolute atomic E-state index is 12.2. The number of carbonyl (C=O) groups is 1. The summed E-state index contributed by atoms with van der Waals surface area (Å²) in [5.74, 6) is -0.209. The zero-order valence-corrected chi connectivity index (χ0v) is 13.9. The molecule has 0 saturated heterocycles. The lowest BCUT2D eigenvalue weighted by atomic mass is 10.0. The fraction of sp³-hybridized carbons (Fsp3) is 0.118. The molecule has 0 atom stereocenters. The number of carbonyl (C=O) groups excluding carboxylic acids is 1. The molecule has 2 aromatic carbocycles. The number of halogens is 3. The van der Waals surface area contributed by atoms with Crippen molar-refractivity contribution in [2.24, 2.45) is 0 Å². The molecule has 2 aromatic rings. The average molecular weight is 340 g/mol. The van der Waals surface area contributed by atoms with Gasteiger partial charge in [-0.15, -0.1) is 0 Å². The van der Waals surface area contributed by atoms with E-state index in [-0.39, 0.29) is 15.8 Å².